The van der Waals surface area contributed by atoms with Crippen molar-refractivity contribution in [2.24, 2.45) is 0 Å². The Balaban J connectivity index is 2.36. The van der Waals surface area contributed by atoms with Gasteiger partial charge in [0.1, 0.15) is 11.5 Å². The molecule has 0 fully saturated rings. The zero-order valence-corrected chi connectivity index (χ0v) is 10.2. The Morgan fingerprint density at radius 3 is 2.74 bits per heavy atom. The summed E-state index contributed by atoms with van der Waals surface area (Å²) >= 11 is 0. The molecule has 0 aliphatic rings. The van der Waals surface area contributed by atoms with Crippen molar-refractivity contribution in [2.45, 2.75) is 0 Å². The number of fused-ring (bicyclic) bond motifs is 1. The van der Waals surface area contributed by atoms with Gasteiger partial charge in [-0.2, -0.15) is 0 Å². The number of benzene rings is 1. The average Bonchev–Trinajstić information content (AvgIpc) is 3.03. The maximum Gasteiger partial charge on any atom is 0.356 e. The van der Waals surface area contributed by atoms with Crippen molar-refractivity contribution in [3.63, 3.8) is 0 Å². The highest BCUT2D eigenvalue weighted by atomic mass is 19.1. The molecule has 0 amide bonds. The summed E-state index contributed by atoms with van der Waals surface area (Å²) in [5.74, 6) is -0.836. The summed E-state index contributed by atoms with van der Waals surface area (Å²) in [6.07, 6.45) is 3.58. The third-order valence-corrected chi connectivity index (χ3v) is 2.99. The molecule has 1 N–H and O–H groups in total. The average molecular weight is 258 g/mol. The number of nitrogens with one attached hydrogen (secondary N) is 1. The quantitative estimate of drug-likeness (QED) is 0.718. The molecule has 2 aromatic heterocycles. The van der Waals surface area contributed by atoms with Gasteiger partial charge in [-0.15, -0.1) is 0 Å². The van der Waals surface area contributed by atoms with E-state index in [1.165, 1.54) is 19.2 Å². The molecule has 96 valence electrons. The van der Waals surface area contributed by atoms with Crippen LogP contribution in [0.15, 0.2) is 42.7 Å². The van der Waals surface area contributed by atoms with Gasteiger partial charge >= 0.3 is 5.97 Å². The normalized spacial score (nSPS) is 10.8. The zero-order chi connectivity index (χ0) is 13.4. The van der Waals surface area contributed by atoms with Gasteiger partial charge in [0, 0.05) is 23.3 Å². The van der Waals surface area contributed by atoms with Gasteiger partial charge in [-0.3, -0.25) is 0 Å². The highest BCUT2D eigenvalue weighted by Crippen LogP contribution is 2.27. The Hall–Kier alpha value is -2.56. The summed E-state index contributed by atoms with van der Waals surface area (Å²) in [4.78, 5) is 14.8. The fourth-order valence-corrected chi connectivity index (χ4v) is 2.15. The van der Waals surface area contributed by atoms with Crippen molar-refractivity contribution in [1.82, 2.24) is 9.55 Å². The first-order valence-electron chi connectivity index (χ1n) is 5.73. The van der Waals surface area contributed by atoms with Gasteiger partial charge in [-0.05, 0) is 30.3 Å². The van der Waals surface area contributed by atoms with Gasteiger partial charge in [-0.25, -0.2) is 9.18 Å². The van der Waals surface area contributed by atoms with Crippen molar-refractivity contribution in [3.05, 3.63) is 54.2 Å². The van der Waals surface area contributed by atoms with Crippen LogP contribution in [0.4, 0.5) is 4.39 Å². The second kappa shape index (κ2) is 4.28. The van der Waals surface area contributed by atoms with Gasteiger partial charge in [-0.1, -0.05) is 0 Å². The Morgan fingerprint density at radius 1 is 1.32 bits per heavy atom. The van der Waals surface area contributed by atoms with Gasteiger partial charge < -0.3 is 14.3 Å². The highest BCUT2D eigenvalue weighted by Gasteiger charge is 2.19. The number of halogens is 1. The molecular weight excluding hydrogens is 247 g/mol. The summed E-state index contributed by atoms with van der Waals surface area (Å²) in [5, 5.41) is 0.636. The largest absolute Gasteiger partial charge is 0.464 e. The molecule has 3 aromatic rings. The second-order valence-corrected chi connectivity index (χ2v) is 4.12. The van der Waals surface area contributed by atoms with Crippen LogP contribution < -0.4 is 0 Å². The minimum Gasteiger partial charge on any atom is -0.464 e. The fourth-order valence-electron chi connectivity index (χ4n) is 2.15. The lowest BCUT2D eigenvalue weighted by atomic mass is 10.2. The van der Waals surface area contributed by atoms with Crippen LogP contribution in [0.5, 0.6) is 0 Å². The Bertz CT molecular complexity index is 744. The predicted octanol–water partition coefficient (Wildman–Crippen LogP) is 2.88. The molecule has 0 unspecified atom stereocenters. The molecule has 0 spiro atoms. The van der Waals surface area contributed by atoms with E-state index >= 15 is 0 Å². The van der Waals surface area contributed by atoms with Crippen molar-refractivity contribution >= 4 is 16.9 Å². The Kier molecular flexibility index (Phi) is 2.59. The second-order valence-electron chi connectivity index (χ2n) is 4.12. The molecule has 0 saturated carbocycles. The molecule has 4 nitrogen and oxygen atoms in total. The van der Waals surface area contributed by atoms with Crippen LogP contribution in [0.1, 0.15) is 10.5 Å². The molecule has 1 aromatic carbocycles. The summed E-state index contributed by atoms with van der Waals surface area (Å²) in [6.45, 7) is 0. The lowest BCUT2D eigenvalue weighted by Gasteiger charge is -2.04. The van der Waals surface area contributed by atoms with E-state index in [0.29, 0.717) is 22.3 Å². The van der Waals surface area contributed by atoms with E-state index in [-0.39, 0.29) is 5.82 Å². The minimum absolute atomic E-state index is 0.305. The van der Waals surface area contributed by atoms with E-state index in [1.54, 1.807) is 23.0 Å². The molecule has 0 saturated heterocycles. The molecule has 0 bridgehead atoms. The third-order valence-electron chi connectivity index (χ3n) is 2.99. The number of methoxy groups -OCH3 is 1. The SMILES string of the molecule is COC(=O)c1[nH]c2ccc(F)cc2c1-n1cccc1. The summed E-state index contributed by atoms with van der Waals surface area (Å²) < 4.78 is 19.9. The summed E-state index contributed by atoms with van der Waals surface area (Å²) in [5.41, 5.74) is 1.58. The van der Waals surface area contributed by atoms with E-state index < -0.39 is 5.97 Å². The summed E-state index contributed by atoms with van der Waals surface area (Å²) in [7, 11) is 1.31. The molecular formula is C14H11FN2O2. The topological polar surface area (TPSA) is 47.0 Å². The van der Waals surface area contributed by atoms with E-state index in [1.807, 2.05) is 12.1 Å². The van der Waals surface area contributed by atoms with Crippen LogP contribution in [-0.2, 0) is 4.74 Å². The Morgan fingerprint density at radius 2 is 2.05 bits per heavy atom. The highest BCUT2D eigenvalue weighted by molar-refractivity contribution is 6.02. The molecule has 3 rings (SSSR count). The van der Waals surface area contributed by atoms with Crippen LogP contribution in [0.3, 0.4) is 0 Å². The van der Waals surface area contributed by atoms with Gasteiger partial charge in [0.2, 0.25) is 0 Å². The minimum atomic E-state index is -0.486. The Labute approximate surface area is 108 Å². The molecule has 19 heavy (non-hydrogen) atoms. The van der Waals surface area contributed by atoms with Crippen molar-refractivity contribution in [3.8, 4) is 5.69 Å². The number of hydrogen-bond donors (Lipinski definition) is 1. The van der Waals surface area contributed by atoms with E-state index in [4.69, 9.17) is 4.74 Å². The molecule has 2 heterocycles. The standard InChI is InChI=1S/C14H11FN2O2/c1-19-14(18)12-13(17-6-2-3-7-17)10-8-9(15)4-5-11(10)16-12/h2-8,16H,1H3. The maximum absolute atomic E-state index is 13.4. The number of aromatic nitrogens is 2. The molecule has 0 aliphatic carbocycles. The number of esters is 1. The predicted molar refractivity (Wildman–Crippen MR) is 68.9 cm³/mol. The van der Waals surface area contributed by atoms with Crippen molar-refractivity contribution in [1.29, 1.82) is 0 Å². The van der Waals surface area contributed by atoms with Crippen LogP contribution in [0.2, 0.25) is 0 Å². The maximum atomic E-state index is 13.4. The van der Waals surface area contributed by atoms with Gasteiger partial charge in [0.25, 0.3) is 0 Å². The fraction of sp³-hybridized carbons (Fsp3) is 0.0714. The van der Waals surface area contributed by atoms with Crippen molar-refractivity contribution < 1.29 is 13.9 Å². The number of aromatic amines is 1. The zero-order valence-electron chi connectivity index (χ0n) is 10.2. The number of carbonyl (C=O) groups excluding carboxylic acids is 1. The third kappa shape index (κ3) is 1.79. The van der Waals surface area contributed by atoms with Gasteiger partial charge in [0.05, 0.1) is 12.8 Å². The first-order chi connectivity index (χ1) is 9.20. The molecule has 0 atom stereocenters. The number of ether oxygens (including phenoxy) is 1. The number of nitrogens with zero attached hydrogens (tertiary/aromatic N) is 1. The van der Waals surface area contributed by atoms with Gasteiger partial charge in [0.15, 0.2) is 0 Å². The monoisotopic (exact) mass is 258 g/mol. The number of H-pyrrole nitrogens is 1. The lowest BCUT2D eigenvalue weighted by molar-refractivity contribution is 0.0595. The molecule has 0 aliphatic heterocycles. The van der Waals surface area contributed by atoms with Crippen LogP contribution in [0, 0.1) is 5.82 Å². The summed E-state index contributed by atoms with van der Waals surface area (Å²) in [6, 6.07) is 8.01. The number of carbonyl (C=O) groups is 1. The van der Waals surface area contributed by atoms with E-state index in [9.17, 15) is 9.18 Å². The van der Waals surface area contributed by atoms with Crippen LogP contribution >= 0.6 is 0 Å². The molecule has 0 radical (unpaired) electrons. The lowest BCUT2D eigenvalue weighted by Crippen LogP contribution is -2.06. The molecule has 5 heteroatoms. The van der Waals surface area contributed by atoms with E-state index in [2.05, 4.69) is 4.98 Å². The van der Waals surface area contributed by atoms with Crippen LogP contribution in [-0.4, -0.2) is 22.6 Å². The first kappa shape index (κ1) is 11.5. The number of hydrogen-bond acceptors (Lipinski definition) is 2. The van der Waals surface area contributed by atoms with E-state index in [0.717, 1.165) is 0 Å². The first-order valence-corrected chi connectivity index (χ1v) is 5.73. The smallest absolute Gasteiger partial charge is 0.356 e. The van der Waals surface area contributed by atoms with Crippen molar-refractivity contribution in [2.75, 3.05) is 7.11 Å². The number of rotatable bonds is 2. The van der Waals surface area contributed by atoms with Crippen LogP contribution in [0.25, 0.3) is 16.6 Å².